The van der Waals surface area contributed by atoms with Gasteiger partial charge in [0.2, 0.25) is 0 Å². The summed E-state index contributed by atoms with van der Waals surface area (Å²) >= 11 is 0. The molecule has 0 aromatic heterocycles. The molecule has 2 aromatic carbocycles. The maximum Gasteiger partial charge on any atom is 0.144 e. The summed E-state index contributed by atoms with van der Waals surface area (Å²) in [6.45, 7) is 3.30. The van der Waals surface area contributed by atoms with Gasteiger partial charge in [-0.1, -0.05) is 42.5 Å². The monoisotopic (exact) mass is 308 g/mol. The van der Waals surface area contributed by atoms with Crippen LogP contribution >= 0.6 is 0 Å². The third kappa shape index (κ3) is 3.09. The molecule has 0 radical (unpaired) electrons. The molecule has 0 unspecified atom stereocenters. The molecule has 0 aliphatic carbocycles. The first-order valence-electron chi connectivity index (χ1n) is 8.02. The Kier molecular flexibility index (Phi) is 4.01. The van der Waals surface area contributed by atoms with E-state index in [0.717, 1.165) is 48.9 Å². The maximum absolute atomic E-state index is 6.18. The van der Waals surface area contributed by atoms with Crippen LogP contribution in [0.4, 0.5) is 0 Å². The van der Waals surface area contributed by atoms with Crippen molar-refractivity contribution in [3.05, 3.63) is 71.8 Å². The van der Waals surface area contributed by atoms with E-state index in [4.69, 9.17) is 9.47 Å². The lowest BCUT2D eigenvalue weighted by molar-refractivity contribution is 0.0227. The van der Waals surface area contributed by atoms with Crippen LogP contribution in [0.25, 0.3) is 5.70 Å². The van der Waals surface area contributed by atoms with E-state index in [0.29, 0.717) is 0 Å². The van der Waals surface area contributed by atoms with Crippen molar-refractivity contribution in [2.75, 3.05) is 26.3 Å². The highest BCUT2D eigenvalue weighted by molar-refractivity contribution is 5.71. The van der Waals surface area contributed by atoms with Crippen LogP contribution < -0.4 is 10.2 Å². The number of hydrogen-bond donors (Lipinski definition) is 1. The number of para-hydroxylation sites is 1. The fraction of sp³-hybridized carbons (Fsp3) is 0.263. The molecule has 1 fully saturated rings. The van der Waals surface area contributed by atoms with Crippen LogP contribution in [0.3, 0.4) is 0 Å². The summed E-state index contributed by atoms with van der Waals surface area (Å²) in [5.74, 6) is 0.916. The average molecular weight is 308 g/mol. The van der Waals surface area contributed by atoms with Crippen molar-refractivity contribution < 1.29 is 9.47 Å². The van der Waals surface area contributed by atoms with Gasteiger partial charge in [0.15, 0.2) is 0 Å². The highest BCUT2D eigenvalue weighted by Gasteiger charge is 2.23. The second kappa shape index (κ2) is 6.44. The quantitative estimate of drug-likeness (QED) is 0.945. The minimum atomic E-state index is -0.0744. The fourth-order valence-corrected chi connectivity index (χ4v) is 2.95. The van der Waals surface area contributed by atoms with E-state index in [1.165, 1.54) is 0 Å². The lowest BCUT2D eigenvalue weighted by atomic mass is 10.0. The Labute approximate surface area is 136 Å². The van der Waals surface area contributed by atoms with Crippen LogP contribution in [-0.2, 0) is 4.74 Å². The summed E-state index contributed by atoms with van der Waals surface area (Å²) in [7, 11) is 0. The average Bonchev–Trinajstić information content (AvgIpc) is 2.63. The van der Waals surface area contributed by atoms with Gasteiger partial charge in [-0.2, -0.15) is 0 Å². The number of benzene rings is 2. The Morgan fingerprint density at radius 2 is 1.65 bits per heavy atom. The molecule has 2 aromatic rings. The van der Waals surface area contributed by atoms with Gasteiger partial charge in [0.25, 0.3) is 0 Å². The fourth-order valence-electron chi connectivity index (χ4n) is 2.95. The molecule has 23 heavy (non-hydrogen) atoms. The smallest absolute Gasteiger partial charge is 0.144 e. The van der Waals surface area contributed by atoms with Crippen LogP contribution in [0.1, 0.15) is 17.2 Å². The van der Waals surface area contributed by atoms with E-state index in [-0.39, 0.29) is 6.10 Å². The van der Waals surface area contributed by atoms with Crippen molar-refractivity contribution in [2.24, 2.45) is 0 Å². The van der Waals surface area contributed by atoms with Crippen molar-refractivity contribution in [1.82, 2.24) is 10.4 Å². The van der Waals surface area contributed by atoms with Gasteiger partial charge in [0, 0.05) is 18.7 Å². The molecule has 4 rings (SSSR count). The molecular weight excluding hydrogens is 288 g/mol. The zero-order valence-electron chi connectivity index (χ0n) is 12.9. The number of morpholine rings is 1. The SMILES string of the molecule is C1=C(NN2CCOCC2)c2ccccc2O[C@H]1c1ccccc1. The first-order chi connectivity index (χ1) is 11.4. The van der Waals surface area contributed by atoms with Crippen molar-refractivity contribution in [3.63, 3.8) is 0 Å². The van der Waals surface area contributed by atoms with E-state index in [1.807, 2.05) is 36.4 Å². The molecule has 0 bridgehead atoms. The second-order valence-electron chi connectivity index (χ2n) is 5.74. The summed E-state index contributed by atoms with van der Waals surface area (Å²) < 4.78 is 11.6. The van der Waals surface area contributed by atoms with Gasteiger partial charge >= 0.3 is 0 Å². The van der Waals surface area contributed by atoms with Crippen LogP contribution in [-0.4, -0.2) is 31.3 Å². The van der Waals surface area contributed by atoms with Gasteiger partial charge in [-0.3, -0.25) is 0 Å². The molecule has 1 saturated heterocycles. The largest absolute Gasteiger partial charge is 0.481 e. The maximum atomic E-state index is 6.18. The number of nitrogens with zero attached hydrogens (tertiary/aromatic N) is 1. The van der Waals surface area contributed by atoms with E-state index in [2.05, 4.69) is 34.7 Å². The predicted molar refractivity (Wildman–Crippen MR) is 89.8 cm³/mol. The minimum Gasteiger partial charge on any atom is -0.481 e. The van der Waals surface area contributed by atoms with Gasteiger partial charge in [-0.15, -0.1) is 0 Å². The summed E-state index contributed by atoms with van der Waals surface area (Å²) in [4.78, 5) is 0. The van der Waals surface area contributed by atoms with Crippen molar-refractivity contribution in [2.45, 2.75) is 6.10 Å². The first-order valence-corrected chi connectivity index (χ1v) is 8.02. The highest BCUT2D eigenvalue weighted by atomic mass is 16.5. The van der Waals surface area contributed by atoms with Gasteiger partial charge < -0.3 is 14.9 Å². The van der Waals surface area contributed by atoms with Crippen molar-refractivity contribution in [3.8, 4) is 5.75 Å². The Bertz CT molecular complexity index is 694. The van der Waals surface area contributed by atoms with Crippen LogP contribution in [0.2, 0.25) is 0 Å². The van der Waals surface area contributed by atoms with E-state index in [1.54, 1.807) is 0 Å². The summed E-state index contributed by atoms with van der Waals surface area (Å²) in [6.07, 6.45) is 2.09. The number of fused-ring (bicyclic) bond motifs is 1. The second-order valence-corrected chi connectivity index (χ2v) is 5.74. The standard InChI is InChI=1S/C19H20N2O2/c1-2-6-15(7-3-1)19-14-17(20-21-10-12-22-13-11-21)16-8-4-5-9-18(16)23-19/h1-9,14,19-20H,10-13H2/t19-/m1/s1. The Morgan fingerprint density at radius 3 is 2.48 bits per heavy atom. The Morgan fingerprint density at radius 1 is 0.913 bits per heavy atom. The van der Waals surface area contributed by atoms with Crippen molar-refractivity contribution >= 4 is 5.70 Å². The molecule has 2 heterocycles. The molecule has 118 valence electrons. The minimum absolute atomic E-state index is 0.0744. The first kappa shape index (κ1) is 14.3. The number of ether oxygens (including phenoxy) is 2. The third-order valence-electron chi connectivity index (χ3n) is 4.17. The lowest BCUT2D eigenvalue weighted by Crippen LogP contribution is -2.45. The van der Waals surface area contributed by atoms with Gasteiger partial charge in [0.05, 0.1) is 18.9 Å². The van der Waals surface area contributed by atoms with Gasteiger partial charge in [0.1, 0.15) is 11.9 Å². The molecule has 0 saturated carbocycles. The summed E-state index contributed by atoms with van der Waals surface area (Å²) in [5.41, 5.74) is 6.91. The predicted octanol–water partition coefficient (Wildman–Crippen LogP) is 3.00. The number of hydrazine groups is 1. The Balaban J connectivity index is 1.65. The molecule has 2 aliphatic heterocycles. The molecule has 1 atom stereocenters. The zero-order valence-corrected chi connectivity index (χ0v) is 12.9. The highest BCUT2D eigenvalue weighted by Crippen LogP contribution is 2.36. The van der Waals surface area contributed by atoms with Crippen LogP contribution in [0.15, 0.2) is 60.7 Å². The van der Waals surface area contributed by atoms with E-state index < -0.39 is 0 Å². The molecule has 1 N–H and O–H groups in total. The molecule has 4 nitrogen and oxygen atoms in total. The number of rotatable bonds is 3. The van der Waals surface area contributed by atoms with Crippen LogP contribution in [0, 0.1) is 0 Å². The lowest BCUT2D eigenvalue weighted by Gasteiger charge is -2.32. The molecule has 2 aliphatic rings. The zero-order chi connectivity index (χ0) is 15.5. The third-order valence-corrected chi connectivity index (χ3v) is 4.17. The molecular formula is C19H20N2O2. The molecule has 4 heteroatoms. The normalized spacial score (nSPS) is 21.0. The topological polar surface area (TPSA) is 33.7 Å². The Hall–Kier alpha value is -2.30. The van der Waals surface area contributed by atoms with E-state index >= 15 is 0 Å². The number of hydrogen-bond acceptors (Lipinski definition) is 4. The summed E-state index contributed by atoms with van der Waals surface area (Å²) in [6, 6.07) is 18.5. The van der Waals surface area contributed by atoms with Crippen molar-refractivity contribution in [1.29, 1.82) is 0 Å². The van der Waals surface area contributed by atoms with Crippen LogP contribution in [0.5, 0.6) is 5.75 Å². The van der Waals surface area contributed by atoms with Gasteiger partial charge in [-0.05, 0) is 23.8 Å². The molecule has 0 spiro atoms. The summed E-state index contributed by atoms with van der Waals surface area (Å²) in [5, 5.41) is 2.21. The van der Waals surface area contributed by atoms with Gasteiger partial charge in [-0.25, -0.2) is 5.01 Å². The molecule has 0 amide bonds. The number of nitrogens with one attached hydrogen (secondary N) is 1. The van der Waals surface area contributed by atoms with E-state index in [9.17, 15) is 0 Å².